The molecule has 4 N–H and O–H groups in total. The van der Waals surface area contributed by atoms with Gasteiger partial charge < -0.3 is 25.0 Å². The molecule has 43 heavy (non-hydrogen) atoms. The number of fused-ring (bicyclic) bond motifs is 2. The number of aromatic nitrogens is 7. The van der Waals surface area contributed by atoms with Gasteiger partial charge in [-0.15, -0.1) is 0 Å². The minimum Gasteiger partial charge on any atom is -0.492 e. The quantitative estimate of drug-likeness (QED) is 0.163. The number of aromatic amines is 2. The number of pyridine rings is 3. The molecule has 11 nitrogen and oxygen atoms in total. The van der Waals surface area contributed by atoms with Crippen molar-refractivity contribution in [3.05, 3.63) is 67.0 Å². The van der Waals surface area contributed by atoms with E-state index < -0.39 is 12.0 Å². The van der Waals surface area contributed by atoms with E-state index in [4.69, 9.17) is 9.72 Å². The summed E-state index contributed by atoms with van der Waals surface area (Å²) < 4.78 is 20.4. The van der Waals surface area contributed by atoms with Crippen molar-refractivity contribution < 1.29 is 14.2 Å². The fourth-order valence-corrected chi connectivity index (χ4v) is 4.65. The normalized spacial score (nSPS) is 12.5. The van der Waals surface area contributed by atoms with Crippen LogP contribution in [0, 0.1) is 11.7 Å². The van der Waals surface area contributed by atoms with Crippen molar-refractivity contribution in [3.8, 4) is 39.7 Å². The predicted molar refractivity (Wildman–Crippen MR) is 164 cm³/mol. The van der Waals surface area contributed by atoms with Crippen molar-refractivity contribution in [3.63, 3.8) is 0 Å². The molecular weight excluding hydrogens is 549 g/mol. The summed E-state index contributed by atoms with van der Waals surface area (Å²) >= 11 is 0. The zero-order valence-corrected chi connectivity index (χ0v) is 24.3. The van der Waals surface area contributed by atoms with Gasteiger partial charge in [0.15, 0.2) is 11.5 Å². The number of benzene rings is 1. The van der Waals surface area contributed by atoms with E-state index in [1.807, 2.05) is 51.0 Å². The van der Waals surface area contributed by atoms with Crippen LogP contribution in [-0.4, -0.2) is 78.6 Å². The molecule has 0 spiro atoms. The molecule has 1 atom stereocenters. The third-order valence-electron chi connectivity index (χ3n) is 7.02. The lowest BCUT2D eigenvalue weighted by Crippen LogP contribution is -2.24. The van der Waals surface area contributed by atoms with Gasteiger partial charge in [0.25, 0.3) is 0 Å². The van der Waals surface area contributed by atoms with Gasteiger partial charge in [0.05, 0.1) is 28.5 Å². The van der Waals surface area contributed by atoms with Gasteiger partial charge in [-0.2, -0.15) is 5.10 Å². The highest BCUT2D eigenvalue weighted by molar-refractivity contribution is 5.96. The number of likely N-dealkylation sites (N-methyl/N-ethyl adjacent to an activating group) is 1. The van der Waals surface area contributed by atoms with Crippen LogP contribution in [0.2, 0.25) is 0 Å². The molecule has 5 aromatic heterocycles. The van der Waals surface area contributed by atoms with E-state index in [1.54, 1.807) is 30.9 Å². The number of halogens is 1. The van der Waals surface area contributed by atoms with Gasteiger partial charge in [-0.1, -0.05) is 13.8 Å². The van der Waals surface area contributed by atoms with Gasteiger partial charge in [0.2, 0.25) is 0 Å². The number of rotatable bonds is 10. The third kappa shape index (κ3) is 6.01. The molecule has 220 valence electrons. The maximum atomic E-state index is 14.6. The molecule has 6 aromatic rings. The van der Waals surface area contributed by atoms with E-state index >= 15 is 0 Å². The van der Waals surface area contributed by atoms with E-state index in [2.05, 4.69) is 35.5 Å². The van der Waals surface area contributed by atoms with E-state index in [0.29, 0.717) is 58.5 Å². The Labute approximate surface area is 247 Å². The summed E-state index contributed by atoms with van der Waals surface area (Å²) in [5.41, 5.74) is 5.93. The Kier molecular flexibility index (Phi) is 7.70. The number of ether oxygens (including phenoxy) is 1. The van der Waals surface area contributed by atoms with Crippen LogP contribution in [-0.2, 0) is 0 Å². The van der Waals surface area contributed by atoms with Gasteiger partial charge in [-0.3, -0.25) is 15.1 Å². The maximum absolute atomic E-state index is 14.6. The first-order chi connectivity index (χ1) is 20.7. The summed E-state index contributed by atoms with van der Waals surface area (Å²) in [6.45, 7) is 5.00. The molecule has 5 heterocycles. The Hall–Kier alpha value is -4.94. The minimum absolute atomic E-state index is 0.0408. The SMILES string of the molecule is CC(C)C(O)Nc1cncc(-c2cnc3n[nH]c(-c4nc5c(-c6cc(F)cc(OCCN(C)C)c6)nccc5[nH]4)c3c2)c1. The highest BCUT2D eigenvalue weighted by Gasteiger charge is 2.18. The molecule has 0 saturated carbocycles. The van der Waals surface area contributed by atoms with Crippen molar-refractivity contribution in [2.24, 2.45) is 5.92 Å². The first-order valence-corrected chi connectivity index (χ1v) is 13.9. The van der Waals surface area contributed by atoms with Crippen LogP contribution in [0.25, 0.3) is 56.0 Å². The summed E-state index contributed by atoms with van der Waals surface area (Å²) in [5, 5.41) is 21.5. The van der Waals surface area contributed by atoms with E-state index in [1.165, 1.54) is 12.1 Å². The molecule has 0 aliphatic rings. The van der Waals surface area contributed by atoms with Crippen molar-refractivity contribution in [1.82, 2.24) is 40.0 Å². The second-order valence-corrected chi connectivity index (χ2v) is 11.0. The second-order valence-electron chi connectivity index (χ2n) is 11.0. The standard InChI is InChI=1S/C31H32FN9O2/c1-17(2)31(42)36-22-10-19(14-33-16-22)20-12-24-27(39-40-29(24)35-15-20)30-37-25-5-6-34-26(28(25)38-30)18-9-21(32)13-23(11-18)43-8-7-41(3)4/h5-6,9-17,31,36,42H,7-8H2,1-4H3,(H,37,38)(H,35,39,40). The largest absolute Gasteiger partial charge is 0.492 e. The average Bonchev–Trinajstić information content (AvgIpc) is 3.60. The summed E-state index contributed by atoms with van der Waals surface area (Å²) in [5.74, 6) is 0.590. The lowest BCUT2D eigenvalue weighted by atomic mass is 10.1. The number of anilines is 1. The molecule has 0 fully saturated rings. The zero-order chi connectivity index (χ0) is 30.1. The Morgan fingerprint density at radius 3 is 2.67 bits per heavy atom. The topological polar surface area (TPSA) is 141 Å². The maximum Gasteiger partial charge on any atom is 0.181 e. The number of aliphatic hydroxyl groups excluding tert-OH is 1. The first-order valence-electron chi connectivity index (χ1n) is 13.9. The Bertz CT molecular complexity index is 1900. The number of hydrogen-bond donors (Lipinski definition) is 4. The molecule has 0 amide bonds. The lowest BCUT2D eigenvalue weighted by Gasteiger charge is -2.17. The first kappa shape index (κ1) is 28.2. The molecule has 0 bridgehead atoms. The highest BCUT2D eigenvalue weighted by atomic mass is 19.1. The number of imidazole rings is 1. The van der Waals surface area contributed by atoms with Crippen LogP contribution in [0.4, 0.5) is 10.1 Å². The molecule has 0 aliphatic heterocycles. The molecular formula is C31H32FN9O2. The number of H-pyrrole nitrogens is 2. The third-order valence-corrected chi connectivity index (χ3v) is 7.02. The molecule has 0 saturated heterocycles. The Balaban J connectivity index is 1.35. The van der Waals surface area contributed by atoms with Gasteiger partial charge in [-0.05, 0) is 50.3 Å². The molecule has 1 unspecified atom stereocenters. The van der Waals surface area contributed by atoms with Crippen LogP contribution in [0.15, 0.2) is 61.2 Å². The van der Waals surface area contributed by atoms with Crippen LogP contribution in [0.5, 0.6) is 5.75 Å². The van der Waals surface area contributed by atoms with Gasteiger partial charge in [0.1, 0.15) is 35.6 Å². The summed E-state index contributed by atoms with van der Waals surface area (Å²) in [4.78, 5) is 23.6. The van der Waals surface area contributed by atoms with Gasteiger partial charge in [-0.25, -0.2) is 14.4 Å². The fraction of sp³-hybridized carbons (Fsp3) is 0.258. The van der Waals surface area contributed by atoms with Crippen LogP contribution < -0.4 is 10.1 Å². The van der Waals surface area contributed by atoms with Crippen molar-refractivity contribution >= 4 is 27.8 Å². The molecule has 6 rings (SSSR count). The summed E-state index contributed by atoms with van der Waals surface area (Å²) in [6.07, 6.45) is 6.11. The Morgan fingerprint density at radius 1 is 1.02 bits per heavy atom. The smallest absolute Gasteiger partial charge is 0.181 e. The summed E-state index contributed by atoms with van der Waals surface area (Å²) in [7, 11) is 3.90. The molecule has 12 heteroatoms. The number of nitrogens with zero attached hydrogens (tertiary/aromatic N) is 6. The van der Waals surface area contributed by atoms with Crippen molar-refractivity contribution in [2.75, 3.05) is 32.6 Å². The van der Waals surface area contributed by atoms with Crippen molar-refractivity contribution in [2.45, 2.75) is 20.1 Å². The van der Waals surface area contributed by atoms with Gasteiger partial charge in [0, 0.05) is 47.9 Å². The van der Waals surface area contributed by atoms with Crippen LogP contribution in [0.3, 0.4) is 0 Å². The number of nitrogens with one attached hydrogen (secondary N) is 3. The molecule has 1 aromatic carbocycles. The van der Waals surface area contributed by atoms with E-state index in [-0.39, 0.29) is 5.92 Å². The number of aliphatic hydroxyl groups is 1. The second kappa shape index (κ2) is 11.7. The fourth-order valence-electron chi connectivity index (χ4n) is 4.65. The molecule has 0 radical (unpaired) electrons. The van der Waals surface area contributed by atoms with Crippen LogP contribution in [0.1, 0.15) is 13.8 Å². The Morgan fingerprint density at radius 2 is 1.86 bits per heavy atom. The zero-order valence-electron chi connectivity index (χ0n) is 24.3. The summed E-state index contributed by atoms with van der Waals surface area (Å²) in [6, 6.07) is 10.3. The minimum atomic E-state index is -0.694. The predicted octanol–water partition coefficient (Wildman–Crippen LogP) is 5.09. The molecule has 0 aliphatic carbocycles. The van der Waals surface area contributed by atoms with Crippen molar-refractivity contribution in [1.29, 1.82) is 0 Å². The number of hydrogen-bond acceptors (Lipinski definition) is 9. The van der Waals surface area contributed by atoms with E-state index in [0.717, 1.165) is 22.0 Å². The lowest BCUT2D eigenvalue weighted by molar-refractivity contribution is 0.153. The van der Waals surface area contributed by atoms with Crippen LogP contribution >= 0.6 is 0 Å². The highest BCUT2D eigenvalue weighted by Crippen LogP contribution is 2.33. The average molecular weight is 582 g/mol. The monoisotopic (exact) mass is 581 g/mol. The van der Waals surface area contributed by atoms with Gasteiger partial charge >= 0.3 is 0 Å². The van der Waals surface area contributed by atoms with E-state index in [9.17, 15) is 9.50 Å².